The molecule has 0 aliphatic carbocycles. The van der Waals surface area contributed by atoms with Crippen LogP contribution >= 0.6 is 15.9 Å². The van der Waals surface area contributed by atoms with Crippen LogP contribution in [0.25, 0.3) is 0 Å². The number of amides is 2. The first-order valence-corrected chi connectivity index (χ1v) is 8.45. The fourth-order valence-corrected chi connectivity index (χ4v) is 2.49. The first kappa shape index (κ1) is 18.0. The van der Waals surface area contributed by atoms with Gasteiger partial charge in [-0.15, -0.1) is 0 Å². The fraction of sp³-hybridized carbons (Fsp3) is 0.222. The molecule has 0 radical (unpaired) electrons. The van der Waals surface area contributed by atoms with Gasteiger partial charge in [-0.1, -0.05) is 37.3 Å². The van der Waals surface area contributed by atoms with Crippen molar-refractivity contribution < 1.29 is 14.3 Å². The Labute approximate surface area is 149 Å². The van der Waals surface area contributed by atoms with Crippen LogP contribution in [0.2, 0.25) is 0 Å². The molecule has 126 valence electrons. The first-order chi connectivity index (χ1) is 11.6. The largest absolute Gasteiger partial charge is 0.492 e. The van der Waals surface area contributed by atoms with Gasteiger partial charge in [0.1, 0.15) is 5.75 Å². The van der Waals surface area contributed by atoms with Crippen molar-refractivity contribution in [3.05, 3.63) is 64.1 Å². The van der Waals surface area contributed by atoms with E-state index in [2.05, 4.69) is 26.8 Å². The molecule has 0 aliphatic rings. The van der Waals surface area contributed by atoms with Crippen molar-refractivity contribution in [3.63, 3.8) is 0 Å². The van der Waals surface area contributed by atoms with Gasteiger partial charge in [-0.25, -0.2) is 0 Å². The molecule has 0 fully saturated rings. The van der Waals surface area contributed by atoms with Crippen molar-refractivity contribution in [1.29, 1.82) is 0 Å². The summed E-state index contributed by atoms with van der Waals surface area (Å²) in [4.78, 5) is 23.9. The Morgan fingerprint density at radius 3 is 2.50 bits per heavy atom. The van der Waals surface area contributed by atoms with Gasteiger partial charge in [0.15, 0.2) is 0 Å². The number of carbonyl (C=O) groups is 2. The summed E-state index contributed by atoms with van der Waals surface area (Å²) in [6, 6.07) is 14.3. The number of halogens is 1. The van der Waals surface area contributed by atoms with Gasteiger partial charge in [0.2, 0.25) is 5.91 Å². The summed E-state index contributed by atoms with van der Waals surface area (Å²) >= 11 is 3.38. The van der Waals surface area contributed by atoms with Gasteiger partial charge in [-0.2, -0.15) is 0 Å². The van der Waals surface area contributed by atoms with E-state index >= 15 is 0 Å². The highest BCUT2D eigenvalue weighted by molar-refractivity contribution is 9.10. The lowest BCUT2D eigenvalue weighted by molar-refractivity contribution is -0.121. The quantitative estimate of drug-likeness (QED) is 0.743. The summed E-state index contributed by atoms with van der Waals surface area (Å²) in [5.41, 5.74) is 6.12. The van der Waals surface area contributed by atoms with E-state index in [4.69, 9.17) is 4.74 Å². The third-order valence-electron chi connectivity index (χ3n) is 3.18. The van der Waals surface area contributed by atoms with Crippen molar-refractivity contribution in [1.82, 2.24) is 10.9 Å². The lowest BCUT2D eigenvalue weighted by atomic mass is 10.1. The highest BCUT2D eigenvalue weighted by Gasteiger charge is 2.10. The Morgan fingerprint density at radius 2 is 1.83 bits per heavy atom. The van der Waals surface area contributed by atoms with E-state index in [1.54, 1.807) is 18.2 Å². The number of carbonyl (C=O) groups excluding carboxylic acids is 2. The van der Waals surface area contributed by atoms with Gasteiger partial charge in [-0.05, 0) is 46.1 Å². The lowest BCUT2D eigenvalue weighted by Crippen LogP contribution is -2.42. The van der Waals surface area contributed by atoms with E-state index in [1.165, 1.54) is 0 Å². The van der Waals surface area contributed by atoms with Crippen LogP contribution in [0.1, 0.15) is 29.3 Å². The molecule has 0 aromatic heterocycles. The third-order valence-corrected chi connectivity index (χ3v) is 3.80. The maximum absolute atomic E-state index is 12.1. The molecule has 5 nitrogen and oxygen atoms in total. The highest BCUT2D eigenvalue weighted by Crippen LogP contribution is 2.26. The SMILES string of the molecule is CCCOc1ccc(C(=O)NNC(=O)Cc2ccccc2)cc1Br. The number of benzene rings is 2. The summed E-state index contributed by atoms with van der Waals surface area (Å²) in [7, 11) is 0. The van der Waals surface area contributed by atoms with Crippen molar-refractivity contribution in [3.8, 4) is 5.75 Å². The first-order valence-electron chi connectivity index (χ1n) is 7.65. The molecule has 24 heavy (non-hydrogen) atoms. The molecule has 0 atom stereocenters. The minimum atomic E-state index is -0.390. The van der Waals surface area contributed by atoms with Crippen LogP contribution in [0, 0.1) is 0 Å². The topological polar surface area (TPSA) is 67.4 Å². The molecule has 0 spiro atoms. The minimum absolute atomic E-state index is 0.203. The van der Waals surface area contributed by atoms with Crippen molar-refractivity contribution in [2.24, 2.45) is 0 Å². The molecule has 2 N–H and O–H groups in total. The van der Waals surface area contributed by atoms with Gasteiger partial charge in [0.25, 0.3) is 5.91 Å². The molecule has 0 unspecified atom stereocenters. The number of hydrogen-bond donors (Lipinski definition) is 2. The van der Waals surface area contributed by atoms with Crippen LogP contribution < -0.4 is 15.6 Å². The zero-order chi connectivity index (χ0) is 17.4. The number of hydrogen-bond acceptors (Lipinski definition) is 3. The molecular weight excluding hydrogens is 372 g/mol. The van der Waals surface area contributed by atoms with Crippen LogP contribution in [0.4, 0.5) is 0 Å². The molecule has 0 saturated heterocycles. The number of rotatable bonds is 6. The number of hydrazine groups is 1. The molecule has 2 amide bonds. The lowest BCUT2D eigenvalue weighted by Gasteiger charge is -2.10. The molecule has 0 aliphatic heterocycles. The highest BCUT2D eigenvalue weighted by atomic mass is 79.9. The van der Waals surface area contributed by atoms with Crippen LogP contribution in [0.3, 0.4) is 0 Å². The zero-order valence-electron chi connectivity index (χ0n) is 13.3. The second-order valence-corrected chi connectivity index (χ2v) is 6.01. The maximum atomic E-state index is 12.1. The van der Waals surface area contributed by atoms with Crippen LogP contribution in [0.5, 0.6) is 5.75 Å². The van der Waals surface area contributed by atoms with E-state index in [0.717, 1.165) is 12.0 Å². The fourth-order valence-electron chi connectivity index (χ4n) is 2.00. The van der Waals surface area contributed by atoms with E-state index in [9.17, 15) is 9.59 Å². The summed E-state index contributed by atoms with van der Waals surface area (Å²) in [6.07, 6.45) is 1.11. The van der Waals surface area contributed by atoms with Crippen molar-refractivity contribution in [2.45, 2.75) is 19.8 Å². The Hall–Kier alpha value is -2.34. The molecule has 2 aromatic carbocycles. The summed E-state index contributed by atoms with van der Waals surface area (Å²) < 4.78 is 6.23. The summed E-state index contributed by atoms with van der Waals surface area (Å²) in [5.74, 6) is 0.0113. The Morgan fingerprint density at radius 1 is 1.08 bits per heavy atom. The van der Waals surface area contributed by atoms with Crippen LogP contribution in [-0.2, 0) is 11.2 Å². The Bertz CT molecular complexity index is 705. The molecule has 0 bridgehead atoms. The molecular formula is C18H19BrN2O3. The second-order valence-electron chi connectivity index (χ2n) is 5.16. The average molecular weight is 391 g/mol. The van der Waals surface area contributed by atoms with Crippen molar-refractivity contribution >= 4 is 27.7 Å². The number of nitrogens with one attached hydrogen (secondary N) is 2. The number of ether oxygens (including phenoxy) is 1. The Balaban J connectivity index is 1.88. The standard InChI is InChI=1S/C18H19BrN2O3/c1-2-10-24-16-9-8-14(12-15(16)19)18(23)21-20-17(22)11-13-6-4-3-5-7-13/h3-9,12H,2,10-11H2,1H3,(H,20,22)(H,21,23). The predicted molar refractivity (Wildman–Crippen MR) is 95.7 cm³/mol. The molecule has 2 rings (SSSR count). The van der Waals surface area contributed by atoms with E-state index < -0.39 is 0 Å². The van der Waals surface area contributed by atoms with Crippen molar-refractivity contribution in [2.75, 3.05) is 6.61 Å². The van der Waals surface area contributed by atoms with Gasteiger partial charge in [-0.3, -0.25) is 20.4 Å². The van der Waals surface area contributed by atoms with Gasteiger partial charge < -0.3 is 4.74 Å². The van der Waals surface area contributed by atoms with E-state index in [0.29, 0.717) is 22.4 Å². The third kappa shape index (κ3) is 5.38. The monoisotopic (exact) mass is 390 g/mol. The van der Waals surface area contributed by atoms with Crippen LogP contribution in [0.15, 0.2) is 53.0 Å². The molecule has 0 saturated carbocycles. The predicted octanol–water partition coefficient (Wildman–Crippen LogP) is 3.24. The van der Waals surface area contributed by atoms with E-state index in [1.807, 2.05) is 37.3 Å². The summed E-state index contributed by atoms with van der Waals surface area (Å²) in [6.45, 7) is 2.63. The van der Waals surface area contributed by atoms with E-state index in [-0.39, 0.29) is 18.2 Å². The maximum Gasteiger partial charge on any atom is 0.269 e. The average Bonchev–Trinajstić information content (AvgIpc) is 2.59. The normalized spacial score (nSPS) is 10.1. The zero-order valence-corrected chi connectivity index (χ0v) is 14.9. The summed E-state index contributed by atoms with van der Waals surface area (Å²) in [5, 5.41) is 0. The minimum Gasteiger partial charge on any atom is -0.492 e. The molecule has 0 heterocycles. The van der Waals surface area contributed by atoms with Gasteiger partial charge in [0.05, 0.1) is 17.5 Å². The Kier molecular flexibility index (Phi) is 6.81. The molecule has 6 heteroatoms. The van der Waals surface area contributed by atoms with Crippen LogP contribution in [-0.4, -0.2) is 18.4 Å². The van der Waals surface area contributed by atoms with Gasteiger partial charge >= 0.3 is 0 Å². The second kappa shape index (κ2) is 9.08. The smallest absolute Gasteiger partial charge is 0.269 e. The van der Waals surface area contributed by atoms with Gasteiger partial charge in [0, 0.05) is 5.56 Å². The molecule has 2 aromatic rings.